The molecular weight excluding hydrogens is 968 g/mol. The number of nitrogens with zero attached hydrogens (tertiary/aromatic N) is 5. The van der Waals surface area contributed by atoms with Crippen molar-refractivity contribution in [3.8, 4) is 21.8 Å². The first-order valence-electron chi connectivity index (χ1n) is 25.2. The molecule has 8 rings (SSSR count). The predicted molar refractivity (Wildman–Crippen MR) is 297 cm³/mol. The highest BCUT2D eigenvalue weighted by Crippen LogP contribution is 2.44. The van der Waals surface area contributed by atoms with E-state index in [1.807, 2.05) is 126 Å². The van der Waals surface area contributed by atoms with Gasteiger partial charge in [0.05, 0.1) is 17.1 Å². The lowest BCUT2D eigenvalue weighted by Gasteiger charge is -2.44. The van der Waals surface area contributed by atoms with E-state index >= 15 is 13.2 Å². The summed E-state index contributed by atoms with van der Waals surface area (Å²) in [4.78, 5) is 28.9. The van der Waals surface area contributed by atoms with Crippen LogP contribution in [-0.2, 0) is 33.3 Å². The number of benzene rings is 5. The van der Waals surface area contributed by atoms with E-state index in [-0.39, 0.29) is 17.4 Å². The Labute approximate surface area is 439 Å². The second-order valence-corrected chi connectivity index (χ2v) is 27.2. The van der Waals surface area contributed by atoms with E-state index in [4.69, 9.17) is 28.5 Å². The fourth-order valence-corrected chi connectivity index (χ4v) is 15.4. The summed E-state index contributed by atoms with van der Waals surface area (Å²) in [6, 6.07) is 48.5. The first kappa shape index (κ1) is 53.7. The van der Waals surface area contributed by atoms with Gasteiger partial charge in [-0.25, -0.2) is 9.78 Å². The predicted octanol–water partition coefficient (Wildman–Crippen LogP) is 13.8. The van der Waals surface area contributed by atoms with Gasteiger partial charge in [0, 0.05) is 52.4 Å². The number of aromatic nitrogens is 4. The number of hydrogen-bond donors (Lipinski definition) is 0. The van der Waals surface area contributed by atoms with E-state index in [1.165, 1.54) is 16.1 Å². The van der Waals surface area contributed by atoms with Gasteiger partial charge >= 0.3 is 12.1 Å². The maximum absolute atomic E-state index is 15.0. The van der Waals surface area contributed by atoms with E-state index < -0.39 is 44.1 Å². The lowest BCUT2D eigenvalue weighted by atomic mass is 9.84. The Morgan fingerprint density at radius 2 is 1.31 bits per heavy atom. The van der Waals surface area contributed by atoms with E-state index in [0.717, 1.165) is 27.1 Å². The van der Waals surface area contributed by atoms with E-state index in [9.17, 15) is 4.79 Å². The molecule has 8 aromatic rings. The zero-order chi connectivity index (χ0) is 53.1. The third kappa shape index (κ3) is 12.2. The molecule has 3 aromatic heterocycles. The van der Waals surface area contributed by atoms with Crippen LogP contribution < -0.4 is 10.4 Å². The molecule has 0 aliphatic heterocycles. The van der Waals surface area contributed by atoms with Gasteiger partial charge in [0.1, 0.15) is 23.0 Å². The molecule has 13 heteroatoms. The first-order chi connectivity index (χ1) is 35.0. The molecule has 0 saturated heterocycles. The largest absolute Gasteiger partial charge is 0.458 e. The Kier molecular flexibility index (Phi) is 15.8. The molecule has 384 valence electrons. The van der Waals surface area contributed by atoms with Gasteiger partial charge in [0.25, 0.3) is 8.32 Å². The Morgan fingerprint density at radius 1 is 0.743 bits per heavy atom. The molecule has 0 amide bonds. The van der Waals surface area contributed by atoms with E-state index in [2.05, 4.69) is 83.1 Å². The molecule has 74 heavy (non-hydrogen) atoms. The highest BCUT2D eigenvalue weighted by atomic mass is 32.1. The minimum absolute atomic E-state index is 0.0483. The van der Waals surface area contributed by atoms with Crippen molar-refractivity contribution in [2.45, 2.75) is 117 Å². The molecule has 3 heterocycles. The number of rotatable bonds is 17. The number of esters is 1. The van der Waals surface area contributed by atoms with Crippen molar-refractivity contribution < 1.29 is 27.1 Å². The van der Waals surface area contributed by atoms with Crippen LogP contribution in [0.3, 0.4) is 0 Å². The minimum atomic E-state index is -4.54. The summed E-state index contributed by atoms with van der Waals surface area (Å²) in [6.45, 7) is 19.6. The van der Waals surface area contributed by atoms with Crippen LogP contribution in [0.2, 0.25) is 5.04 Å². The monoisotopic (exact) mass is 1030 g/mol. The molecule has 5 aromatic carbocycles. The molecule has 8 nitrogen and oxygen atoms in total. The second-order valence-electron chi connectivity index (χ2n) is 22.1. The molecule has 0 aliphatic carbocycles. The van der Waals surface area contributed by atoms with Gasteiger partial charge in [-0.3, -0.25) is 9.98 Å². The van der Waals surface area contributed by atoms with Crippen LogP contribution in [0.1, 0.15) is 103 Å². The number of carbonyl (C=O) groups excluding carboxylic acids is 1. The Bertz CT molecular complexity index is 3130. The third-order valence-corrected chi connectivity index (χ3v) is 18.8. The van der Waals surface area contributed by atoms with Gasteiger partial charge in [-0.15, -0.1) is 0 Å². The summed E-state index contributed by atoms with van der Waals surface area (Å²) in [5.74, 6) is -0.205. The SMILES string of the molecule is CC(C)c1ncccc1-c1c(CC(C)(C)CO[Si](c2ccccc2)(c2ccccc2)C(C)(C)C)c2cc(-c3nc(C[C@H](N=C(c4ccccc4)c4ccccc4)C(=O)OC(C)(C)C)ns3)ccc2n1CC(F)(F)F. The van der Waals surface area contributed by atoms with Crippen LogP contribution >= 0.6 is 11.5 Å². The lowest BCUT2D eigenvalue weighted by Crippen LogP contribution is -2.67. The quantitative estimate of drug-likeness (QED) is 0.0513. The van der Waals surface area contributed by atoms with Crippen molar-refractivity contribution in [2.75, 3.05) is 6.61 Å². The van der Waals surface area contributed by atoms with Crippen LogP contribution in [0.25, 0.3) is 32.7 Å². The van der Waals surface area contributed by atoms with Crippen LogP contribution in [0.5, 0.6) is 0 Å². The van der Waals surface area contributed by atoms with Crippen LogP contribution in [0, 0.1) is 5.41 Å². The highest BCUT2D eigenvalue weighted by molar-refractivity contribution is 7.09. The average molecular weight is 1030 g/mol. The maximum atomic E-state index is 15.0. The fourth-order valence-electron chi connectivity index (χ4n) is 9.90. The number of hydrogen-bond acceptors (Lipinski definition) is 8. The number of halogens is 3. The van der Waals surface area contributed by atoms with E-state index in [1.54, 1.807) is 18.3 Å². The fraction of sp³-hybridized carbons (Fsp3) is 0.328. The van der Waals surface area contributed by atoms with Crippen molar-refractivity contribution in [3.05, 3.63) is 186 Å². The van der Waals surface area contributed by atoms with Crippen molar-refractivity contribution in [1.82, 2.24) is 18.9 Å². The van der Waals surface area contributed by atoms with Crippen molar-refractivity contribution in [1.29, 1.82) is 0 Å². The van der Waals surface area contributed by atoms with Gasteiger partial charge < -0.3 is 13.7 Å². The van der Waals surface area contributed by atoms with Gasteiger partial charge in [-0.1, -0.05) is 170 Å². The average Bonchev–Trinajstić information content (AvgIpc) is 3.94. The number of fused-ring (bicyclic) bond motifs is 1. The number of carbonyl (C=O) groups is 1. The Hall–Kier alpha value is -6.54. The normalized spacial score (nSPS) is 13.1. The van der Waals surface area contributed by atoms with Crippen molar-refractivity contribution in [3.63, 3.8) is 0 Å². The van der Waals surface area contributed by atoms with Crippen LogP contribution in [0.4, 0.5) is 13.2 Å². The molecule has 1 atom stereocenters. The smallest absolute Gasteiger partial charge is 0.406 e. The molecule has 0 spiro atoms. The van der Waals surface area contributed by atoms with Gasteiger partial charge in [0.2, 0.25) is 0 Å². The molecule has 0 N–H and O–H groups in total. The number of aliphatic imine (C=N–C) groups is 1. The van der Waals surface area contributed by atoms with E-state index in [0.29, 0.717) is 63.0 Å². The molecule has 0 fully saturated rings. The molecular formula is C61H66F3N5O3SSi. The highest BCUT2D eigenvalue weighted by Gasteiger charge is 2.51. The third-order valence-electron chi connectivity index (χ3n) is 13.0. The molecule has 0 saturated carbocycles. The molecule has 0 radical (unpaired) electrons. The number of pyridine rings is 1. The molecule has 0 aliphatic rings. The van der Waals surface area contributed by atoms with Crippen LogP contribution in [-0.4, -0.2) is 63.3 Å². The van der Waals surface area contributed by atoms with Gasteiger partial charge in [-0.2, -0.15) is 17.5 Å². The Balaban J connectivity index is 1.25. The maximum Gasteiger partial charge on any atom is 0.406 e. The van der Waals surface area contributed by atoms with Crippen molar-refractivity contribution in [2.24, 2.45) is 10.4 Å². The summed E-state index contributed by atoms with van der Waals surface area (Å²) < 4.78 is 64.7. The minimum Gasteiger partial charge on any atom is -0.458 e. The number of alkyl halides is 3. The topological polar surface area (TPSA) is 91.5 Å². The zero-order valence-electron chi connectivity index (χ0n) is 44.0. The summed E-state index contributed by atoms with van der Waals surface area (Å²) in [7, 11) is -3.00. The summed E-state index contributed by atoms with van der Waals surface area (Å²) >= 11 is 1.17. The first-order valence-corrected chi connectivity index (χ1v) is 27.9. The standard InChI is InChI=1S/C61H66F3N5O3SSi/c1-41(2)53-47(32-23-35-65-53)55-49(38-60(9,10)40-71-74(59(6,7)8,45-28-19-13-20-29-45)46-30-21-14-22-31-46)48-36-44(33-34-51(48)69(55)39-61(62,63)64)56-67-52(68-73-56)37-50(57(70)72-58(3,4)5)66-54(42-24-15-11-16-25-42)43-26-17-12-18-27-43/h11-36,41,50H,37-40H2,1-10H3/t50-/m0/s1. The van der Waals surface area contributed by atoms with Gasteiger partial charge in [-0.05, 0) is 101 Å². The second kappa shape index (κ2) is 21.7. The summed E-state index contributed by atoms with van der Waals surface area (Å²) in [5, 5.41) is 3.22. The van der Waals surface area contributed by atoms with Crippen LogP contribution in [0.15, 0.2) is 163 Å². The Morgan fingerprint density at radius 3 is 1.84 bits per heavy atom. The molecule has 0 bridgehead atoms. The summed E-state index contributed by atoms with van der Waals surface area (Å²) in [6.07, 6.45) is -2.42. The van der Waals surface area contributed by atoms with Gasteiger partial charge in [0.15, 0.2) is 6.04 Å². The lowest BCUT2D eigenvalue weighted by molar-refractivity contribution is -0.156. The summed E-state index contributed by atoms with van der Waals surface area (Å²) in [5.41, 5.74) is 4.65. The van der Waals surface area contributed by atoms with Crippen molar-refractivity contribution >= 4 is 52.8 Å². The number of ether oxygens (including phenoxy) is 1. The zero-order valence-corrected chi connectivity index (χ0v) is 45.8. The molecule has 0 unspecified atom stereocenters.